The summed E-state index contributed by atoms with van der Waals surface area (Å²) in [5.41, 5.74) is 0.934. The summed E-state index contributed by atoms with van der Waals surface area (Å²) in [6.45, 7) is 4.63. The van der Waals surface area contributed by atoms with Crippen LogP contribution in [0.4, 0.5) is 0 Å². The van der Waals surface area contributed by atoms with E-state index in [4.69, 9.17) is 5.21 Å². The first-order chi connectivity index (χ1) is 8.82. The second-order valence-corrected chi connectivity index (χ2v) is 4.58. The second-order valence-electron chi connectivity index (χ2n) is 4.58. The zero-order chi connectivity index (χ0) is 14.5. The second kappa shape index (κ2) is 4.25. The van der Waals surface area contributed by atoms with Gasteiger partial charge in [-0.1, -0.05) is 0 Å². The Morgan fingerprint density at radius 3 is 2.16 bits per heavy atom. The average molecular weight is 270 g/mol. The van der Waals surface area contributed by atoms with Gasteiger partial charge in [0.1, 0.15) is 23.3 Å². The van der Waals surface area contributed by atoms with Crippen molar-refractivity contribution in [3.63, 3.8) is 0 Å². The zero-order valence-electron chi connectivity index (χ0n) is 10.7. The van der Waals surface area contributed by atoms with E-state index in [-0.39, 0.29) is 21.8 Å². The van der Waals surface area contributed by atoms with Gasteiger partial charge < -0.3 is 20.5 Å². The Labute approximate surface area is 108 Å². The third kappa shape index (κ3) is 1.60. The summed E-state index contributed by atoms with van der Waals surface area (Å²) in [5, 5.41) is 51.4. The predicted molar refractivity (Wildman–Crippen MR) is 61.9 cm³/mol. The first-order valence-electron chi connectivity index (χ1n) is 5.65. The molecule has 2 atom stereocenters. The number of rotatable bonds is 1. The topological polar surface area (TPSA) is 121 Å². The van der Waals surface area contributed by atoms with Gasteiger partial charge >= 0.3 is 0 Å². The van der Waals surface area contributed by atoms with Crippen LogP contribution in [0.15, 0.2) is 5.28 Å². The number of nitrogens with zero attached hydrogens (tertiary/aromatic N) is 3. The Morgan fingerprint density at radius 2 is 1.63 bits per heavy atom. The van der Waals surface area contributed by atoms with Gasteiger partial charge in [0.05, 0.1) is 0 Å². The highest BCUT2D eigenvalue weighted by Crippen LogP contribution is 2.20. The summed E-state index contributed by atoms with van der Waals surface area (Å²) < 4.78 is 1.04. The molecular formula is C11H16N3O5+. The van der Waals surface area contributed by atoms with Gasteiger partial charge in [0.25, 0.3) is 10.2 Å². The third-order valence-corrected chi connectivity index (χ3v) is 3.56. The maximum absolute atomic E-state index is 10.1. The fourth-order valence-corrected chi connectivity index (χ4v) is 2.43. The Balaban J connectivity index is 3.09. The van der Waals surface area contributed by atoms with Gasteiger partial charge in [-0.3, -0.25) is 0 Å². The molecule has 1 aliphatic carbocycles. The number of hydrogen-bond donors (Lipinski definition) is 5. The minimum atomic E-state index is -1.16. The molecule has 104 valence electrons. The van der Waals surface area contributed by atoms with Crippen LogP contribution in [0.5, 0.6) is 5.75 Å². The van der Waals surface area contributed by atoms with E-state index in [1.807, 2.05) is 0 Å². The van der Waals surface area contributed by atoms with E-state index in [9.17, 15) is 20.5 Å². The predicted octanol–water partition coefficient (Wildman–Crippen LogP) is -1.42. The van der Waals surface area contributed by atoms with Crippen LogP contribution in [-0.4, -0.2) is 47.6 Å². The van der Waals surface area contributed by atoms with Crippen LogP contribution in [0.3, 0.4) is 0 Å². The summed E-state index contributed by atoms with van der Waals surface area (Å²) in [5.74, 6) is -0.152. The lowest BCUT2D eigenvalue weighted by Crippen LogP contribution is -2.47. The summed E-state index contributed by atoms with van der Waals surface area (Å²) >= 11 is 0. The molecule has 8 nitrogen and oxygen atoms in total. The van der Waals surface area contributed by atoms with E-state index < -0.39 is 12.2 Å². The zero-order valence-corrected chi connectivity index (χ0v) is 10.7. The van der Waals surface area contributed by atoms with E-state index in [2.05, 4.69) is 5.28 Å². The Kier molecular flexibility index (Phi) is 2.99. The van der Waals surface area contributed by atoms with Crippen molar-refractivity contribution < 1.29 is 30.7 Å². The molecule has 0 aliphatic heterocycles. The Morgan fingerprint density at radius 1 is 1.11 bits per heavy atom. The Bertz CT molecular complexity index is 688. The van der Waals surface area contributed by atoms with E-state index in [1.54, 1.807) is 13.8 Å². The van der Waals surface area contributed by atoms with E-state index in [1.165, 1.54) is 6.92 Å². The molecule has 1 aromatic heterocycles. The fraction of sp³-hybridized carbons (Fsp3) is 0.455. The molecule has 0 spiro atoms. The minimum Gasteiger partial charge on any atom is -0.505 e. The largest absolute Gasteiger partial charge is 0.505 e. The van der Waals surface area contributed by atoms with Gasteiger partial charge in [0, 0.05) is 5.22 Å². The molecular weight excluding hydrogens is 254 g/mol. The molecule has 0 saturated carbocycles. The minimum absolute atomic E-state index is 0.148. The van der Waals surface area contributed by atoms with Crippen LogP contribution in [-0.2, 0) is 0 Å². The lowest BCUT2D eigenvalue weighted by molar-refractivity contribution is -0.877. The monoisotopic (exact) mass is 270 g/mol. The molecule has 1 heterocycles. The van der Waals surface area contributed by atoms with Gasteiger partial charge in [-0.15, -0.1) is 0 Å². The van der Waals surface area contributed by atoms with Crippen molar-refractivity contribution in [3.05, 3.63) is 16.3 Å². The molecule has 1 aliphatic rings. The van der Waals surface area contributed by atoms with Crippen molar-refractivity contribution in [2.45, 2.75) is 33.0 Å². The van der Waals surface area contributed by atoms with E-state index in [0.717, 1.165) is 4.68 Å². The molecule has 8 heteroatoms. The number of aromatic hydroxyl groups is 1. The molecule has 19 heavy (non-hydrogen) atoms. The van der Waals surface area contributed by atoms with E-state index in [0.29, 0.717) is 16.4 Å². The van der Waals surface area contributed by atoms with Gasteiger partial charge in [-0.25, -0.2) is 5.21 Å². The normalized spacial score (nSPS) is 23.7. The van der Waals surface area contributed by atoms with Crippen LogP contribution in [0.1, 0.15) is 19.5 Å². The molecule has 0 fully saturated rings. The molecule has 0 bridgehead atoms. The smallest absolute Gasteiger partial charge is 0.272 e. The van der Waals surface area contributed by atoms with Gasteiger partial charge in [-0.2, -0.15) is 0 Å². The SMILES string of the molecule is CC1=c2c(O)c(C)n(/[N+](O)=N/O)c2=C(C)C(O)C1O. The summed E-state index contributed by atoms with van der Waals surface area (Å²) in [6.07, 6.45) is -2.29. The van der Waals surface area contributed by atoms with Crippen molar-refractivity contribution in [1.29, 1.82) is 0 Å². The van der Waals surface area contributed by atoms with Crippen LogP contribution in [0.25, 0.3) is 11.1 Å². The van der Waals surface area contributed by atoms with Crippen molar-refractivity contribution >= 4 is 11.1 Å². The standard InChI is InChI=1S/C11H15N3O5/c1-4-7-8(5(2)10(16)9(4)15)13(14(19)12-18)6(3)11(7)17/h9-10,15-17,19H,1-3H3/p+1. The van der Waals surface area contributed by atoms with Gasteiger partial charge in [0.2, 0.25) is 0 Å². The molecule has 5 N–H and O–H groups in total. The lowest BCUT2D eigenvalue weighted by Gasteiger charge is -2.22. The quantitative estimate of drug-likeness (QED) is 0.244. The highest BCUT2D eigenvalue weighted by molar-refractivity contribution is 5.64. The highest BCUT2D eigenvalue weighted by Gasteiger charge is 2.32. The van der Waals surface area contributed by atoms with Crippen LogP contribution >= 0.6 is 0 Å². The number of aliphatic hydroxyl groups excluding tert-OH is 2. The fourth-order valence-electron chi connectivity index (χ4n) is 2.43. The number of aromatic nitrogens is 1. The molecule has 0 saturated heterocycles. The average Bonchev–Trinajstić information content (AvgIpc) is 2.66. The van der Waals surface area contributed by atoms with Gasteiger partial charge in [-0.05, 0) is 36.6 Å². The maximum Gasteiger partial charge on any atom is 0.272 e. The molecule has 2 unspecified atom stereocenters. The highest BCUT2D eigenvalue weighted by atomic mass is 16.6. The van der Waals surface area contributed by atoms with Crippen LogP contribution < -0.4 is 10.6 Å². The lowest BCUT2D eigenvalue weighted by atomic mass is 9.93. The number of fused-ring (bicyclic) bond motifs is 1. The van der Waals surface area contributed by atoms with Crippen LogP contribution in [0, 0.1) is 6.92 Å². The van der Waals surface area contributed by atoms with Crippen molar-refractivity contribution in [1.82, 2.24) is 4.68 Å². The molecule has 1 aromatic rings. The van der Waals surface area contributed by atoms with Crippen molar-refractivity contribution in [3.8, 4) is 5.75 Å². The maximum atomic E-state index is 10.1. The van der Waals surface area contributed by atoms with Crippen molar-refractivity contribution in [2.24, 2.45) is 5.28 Å². The first kappa shape index (κ1) is 13.4. The molecule has 0 amide bonds. The Hall–Kier alpha value is -2.06. The van der Waals surface area contributed by atoms with Crippen molar-refractivity contribution in [2.75, 3.05) is 0 Å². The summed E-state index contributed by atoms with van der Waals surface area (Å²) in [4.78, 5) is 0.148. The number of aliphatic hydroxyl groups is 2. The first-order valence-corrected chi connectivity index (χ1v) is 5.65. The van der Waals surface area contributed by atoms with E-state index >= 15 is 0 Å². The third-order valence-electron chi connectivity index (χ3n) is 3.56. The summed E-state index contributed by atoms with van der Waals surface area (Å²) in [7, 11) is 0. The molecule has 0 radical (unpaired) electrons. The van der Waals surface area contributed by atoms with Gasteiger partial charge in [0.15, 0.2) is 5.75 Å². The van der Waals surface area contributed by atoms with Crippen LogP contribution in [0.2, 0.25) is 0 Å². The molecule has 2 rings (SSSR count). The number of hydrogen-bond acceptors (Lipinski definition) is 4. The summed E-state index contributed by atoms with van der Waals surface area (Å²) in [6, 6.07) is 0. The molecule has 0 aromatic carbocycles.